The molecule has 0 heterocycles. The van der Waals surface area contributed by atoms with E-state index in [2.05, 4.69) is 19.2 Å². The van der Waals surface area contributed by atoms with Gasteiger partial charge < -0.3 is 19.9 Å². The van der Waals surface area contributed by atoms with Gasteiger partial charge in [-0.05, 0) is 25.0 Å². The molecule has 0 aliphatic carbocycles. The fraction of sp³-hybridized carbons (Fsp3) is 0.625. The summed E-state index contributed by atoms with van der Waals surface area (Å²) < 4.78 is 24.0. The zero-order valence-corrected chi connectivity index (χ0v) is 13.0. The number of rotatable bonds is 10. The average molecular weight is 299 g/mol. The lowest BCUT2D eigenvalue weighted by Crippen LogP contribution is -2.43. The van der Waals surface area contributed by atoms with Gasteiger partial charge in [0.05, 0.1) is 6.61 Å². The van der Waals surface area contributed by atoms with Gasteiger partial charge in [-0.1, -0.05) is 26.0 Å². The Labute approximate surface area is 126 Å². The number of benzene rings is 1. The Morgan fingerprint density at radius 3 is 2.57 bits per heavy atom. The van der Waals surface area contributed by atoms with Gasteiger partial charge in [-0.2, -0.15) is 0 Å². The highest BCUT2D eigenvalue weighted by Crippen LogP contribution is 2.15. The molecule has 1 aromatic rings. The number of hydrogen-bond acceptors (Lipinski definition) is 4. The summed E-state index contributed by atoms with van der Waals surface area (Å²) in [6.07, 6.45) is -0.701. The van der Waals surface area contributed by atoms with Gasteiger partial charge in [0.2, 0.25) is 0 Å². The van der Waals surface area contributed by atoms with Gasteiger partial charge in [0.25, 0.3) is 0 Å². The Hall–Kier alpha value is -1.17. The van der Waals surface area contributed by atoms with E-state index in [0.717, 1.165) is 0 Å². The van der Waals surface area contributed by atoms with E-state index in [1.165, 1.54) is 6.07 Å². The van der Waals surface area contributed by atoms with E-state index < -0.39 is 11.9 Å². The van der Waals surface area contributed by atoms with Crippen LogP contribution in [0.2, 0.25) is 0 Å². The molecule has 2 atom stereocenters. The van der Waals surface area contributed by atoms with Crippen LogP contribution in [0, 0.1) is 11.7 Å². The first-order valence-corrected chi connectivity index (χ1v) is 7.41. The highest BCUT2D eigenvalue weighted by atomic mass is 19.1. The minimum Gasteiger partial charge on any atom is -0.488 e. The molecule has 4 nitrogen and oxygen atoms in total. The van der Waals surface area contributed by atoms with Crippen LogP contribution in [0.25, 0.3) is 0 Å². The monoisotopic (exact) mass is 299 g/mol. The van der Waals surface area contributed by atoms with E-state index >= 15 is 0 Å². The second kappa shape index (κ2) is 9.71. The van der Waals surface area contributed by atoms with Gasteiger partial charge in [0.15, 0.2) is 11.6 Å². The Balaban J connectivity index is 2.32. The van der Waals surface area contributed by atoms with Gasteiger partial charge in [-0.25, -0.2) is 4.39 Å². The van der Waals surface area contributed by atoms with Crippen molar-refractivity contribution < 1.29 is 19.0 Å². The Bertz CT molecular complexity index is 401. The topological polar surface area (TPSA) is 50.7 Å². The zero-order valence-electron chi connectivity index (χ0n) is 13.0. The minimum atomic E-state index is -0.701. The van der Waals surface area contributed by atoms with E-state index in [9.17, 15) is 9.50 Å². The maximum absolute atomic E-state index is 13.4. The second-order valence-corrected chi connectivity index (χ2v) is 5.31. The van der Waals surface area contributed by atoms with Gasteiger partial charge in [0.1, 0.15) is 12.7 Å². The zero-order chi connectivity index (χ0) is 15.7. The van der Waals surface area contributed by atoms with E-state index in [1.54, 1.807) is 18.2 Å². The van der Waals surface area contributed by atoms with Crippen molar-refractivity contribution in [3.63, 3.8) is 0 Å². The molecule has 1 aromatic carbocycles. The van der Waals surface area contributed by atoms with Crippen molar-refractivity contribution in [1.29, 1.82) is 0 Å². The molecule has 0 aliphatic heterocycles. The molecule has 1 rings (SSSR count). The lowest BCUT2D eigenvalue weighted by molar-refractivity contribution is 0.0789. The molecular weight excluding hydrogens is 273 g/mol. The molecular formula is C16H26FNO3. The smallest absolute Gasteiger partial charge is 0.165 e. The van der Waals surface area contributed by atoms with Crippen LogP contribution in [0.5, 0.6) is 5.75 Å². The molecule has 2 N–H and O–H groups in total. The van der Waals surface area contributed by atoms with Gasteiger partial charge in [0, 0.05) is 19.2 Å². The summed E-state index contributed by atoms with van der Waals surface area (Å²) in [4.78, 5) is 0. The summed E-state index contributed by atoms with van der Waals surface area (Å²) in [7, 11) is 0. The molecule has 21 heavy (non-hydrogen) atoms. The lowest BCUT2D eigenvalue weighted by atomic mass is 10.1. The molecule has 0 amide bonds. The molecule has 0 aliphatic rings. The number of nitrogens with one attached hydrogen (secondary N) is 1. The largest absolute Gasteiger partial charge is 0.488 e. The Kier molecular flexibility index (Phi) is 8.27. The summed E-state index contributed by atoms with van der Waals surface area (Å²) in [6, 6.07) is 6.34. The fourth-order valence-electron chi connectivity index (χ4n) is 1.83. The maximum Gasteiger partial charge on any atom is 0.165 e. The van der Waals surface area contributed by atoms with Crippen LogP contribution < -0.4 is 10.1 Å². The molecule has 2 unspecified atom stereocenters. The normalized spacial score (nSPS) is 14.2. The number of para-hydroxylation sites is 1. The third-order valence-electron chi connectivity index (χ3n) is 3.19. The van der Waals surface area contributed by atoms with Crippen molar-refractivity contribution in [2.45, 2.75) is 32.9 Å². The van der Waals surface area contributed by atoms with Gasteiger partial charge in [-0.15, -0.1) is 0 Å². The first-order chi connectivity index (χ1) is 10.0. The van der Waals surface area contributed by atoms with Crippen molar-refractivity contribution >= 4 is 0 Å². The summed E-state index contributed by atoms with van der Waals surface area (Å²) in [5.41, 5.74) is 0. The number of hydrogen-bond donors (Lipinski definition) is 2. The van der Waals surface area contributed by atoms with Crippen molar-refractivity contribution in [3.05, 3.63) is 30.1 Å². The first kappa shape index (κ1) is 17.9. The standard InChI is InChI=1S/C16H26FNO3/c1-4-20-11-15(12(2)3)18-9-13(19)10-21-16-8-6-5-7-14(16)17/h5-8,12-13,15,18-19H,4,9-11H2,1-3H3. The minimum absolute atomic E-state index is 0.0490. The molecule has 0 spiro atoms. The highest BCUT2D eigenvalue weighted by molar-refractivity contribution is 5.23. The van der Waals surface area contributed by atoms with Gasteiger partial charge in [-0.3, -0.25) is 0 Å². The Morgan fingerprint density at radius 2 is 1.95 bits per heavy atom. The number of ether oxygens (including phenoxy) is 2. The van der Waals surface area contributed by atoms with E-state index in [1.807, 2.05) is 6.92 Å². The molecule has 5 heteroatoms. The first-order valence-electron chi connectivity index (χ1n) is 7.41. The summed E-state index contributed by atoms with van der Waals surface area (Å²) in [6.45, 7) is 7.85. The van der Waals surface area contributed by atoms with Crippen molar-refractivity contribution in [2.75, 3.05) is 26.4 Å². The van der Waals surface area contributed by atoms with Crippen LogP contribution in [-0.2, 0) is 4.74 Å². The van der Waals surface area contributed by atoms with Crippen LogP contribution in [0.3, 0.4) is 0 Å². The lowest BCUT2D eigenvalue weighted by Gasteiger charge is -2.23. The number of halogens is 1. The molecule has 0 aromatic heterocycles. The molecule has 0 radical (unpaired) electrons. The van der Waals surface area contributed by atoms with Crippen LogP contribution in [0.15, 0.2) is 24.3 Å². The molecule has 120 valence electrons. The van der Waals surface area contributed by atoms with Crippen molar-refractivity contribution in [1.82, 2.24) is 5.32 Å². The van der Waals surface area contributed by atoms with Crippen LogP contribution in [-0.4, -0.2) is 43.6 Å². The maximum atomic E-state index is 13.4. The van der Waals surface area contributed by atoms with E-state index in [4.69, 9.17) is 9.47 Å². The van der Waals surface area contributed by atoms with Crippen LogP contribution >= 0.6 is 0 Å². The number of aliphatic hydroxyl groups is 1. The van der Waals surface area contributed by atoms with Crippen LogP contribution in [0.4, 0.5) is 4.39 Å². The van der Waals surface area contributed by atoms with Crippen molar-refractivity contribution in [2.24, 2.45) is 5.92 Å². The van der Waals surface area contributed by atoms with Gasteiger partial charge >= 0.3 is 0 Å². The molecule has 0 saturated carbocycles. The predicted octanol–water partition coefficient (Wildman–Crippen LogP) is 2.22. The van der Waals surface area contributed by atoms with Crippen molar-refractivity contribution in [3.8, 4) is 5.75 Å². The summed E-state index contributed by atoms with van der Waals surface area (Å²) >= 11 is 0. The summed E-state index contributed by atoms with van der Waals surface area (Å²) in [5, 5.41) is 13.2. The fourth-order valence-corrected chi connectivity index (χ4v) is 1.83. The Morgan fingerprint density at radius 1 is 1.24 bits per heavy atom. The second-order valence-electron chi connectivity index (χ2n) is 5.31. The summed E-state index contributed by atoms with van der Waals surface area (Å²) in [5.74, 6) is 0.136. The van der Waals surface area contributed by atoms with Crippen LogP contribution in [0.1, 0.15) is 20.8 Å². The number of aliphatic hydroxyl groups excluding tert-OH is 1. The third kappa shape index (κ3) is 6.89. The van der Waals surface area contributed by atoms with E-state index in [-0.39, 0.29) is 18.4 Å². The third-order valence-corrected chi connectivity index (χ3v) is 3.19. The molecule has 0 bridgehead atoms. The van der Waals surface area contributed by atoms with E-state index in [0.29, 0.717) is 25.7 Å². The highest BCUT2D eigenvalue weighted by Gasteiger charge is 2.15. The molecule has 0 fully saturated rings. The predicted molar refractivity (Wildman–Crippen MR) is 81.0 cm³/mol. The molecule has 0 saturated heterocycles. The average Bonchev–Trinajstić information content (AvgIpc) is 2.46. The quantitative estimate of drug-likeness (QED) is 0.695. The SMILES string of the molecule is CCOCC(NCC(O)COc1ccccc1F)C(C)C.